The predicted molar refractivity (Wildman–Crippen MR) is 79.6 cm³/mol. The van der Waals surface area contributed by atoms with Gasteiger partial charge in [0.25, 0.3) is 0 Å². The second kappa shape index (κ2) is 7.14. The fraction of sp³-hybridized carbons (Fsp3) is 0.400. The highest BCUT2D eigenvalue weighted by atomic mass is 32.2. The van der Waals surface area contributed by atoms with Crippen LogP contribution in [0.15, 0.2) is 24.3 Å². The third kappa shape index (κ3) is 4.23. The molecule has 1 heterocycles. The zero-order valence-electron chi connectivity index (χ0n) is 11.5. The van der Waals surface area contributed by atoms with Crippen LogP contribution in [-0.4, -0.2) is 40.7 Å². The van der Waals surface area contributed by atoms with Crippen LogP contribution in [0.1, 0.15) is 17.5 Å². The van der Waals surface area contributed by atoms with Crippen molar-refractivity contribution in [3.63, 3.8) is 0 Å². The van der Waals surface area contributed by atoms with Crippen LogP contribution in [-0.2, 0) is 15.3 Å². The molecule has 0 saturated carbocycles. The Morgan fingerprint density at radius 1 is 1.38 bits per heavy atom. The van der Waals surface area contributed by atoms with E-state index in [4.69, 9.17) is 10.4 Å². The summed E-state index contributed by atoms with van der Waals surface area (Å²) in [5.41, 5.74) is 1.69. The maximum Gasteiger partial charge on any atom is 0.308 e. The smallest absolute Gasteiger partial charge is 0.308 e. The van der Waals surface area contributed by atoms with Crippen molar-refractivity contribution in [1.82, 2.24) is 4.90 Å². The van der Waals surface area contributed by atoms with E-state index in [1.54, 1.807) is 17.0 Å². The van der Waals surface area contributed by atoms with E-state index in [0.29, 0.717) is 36.6 Å². The number of likely N-dealkylation sites (tertiary alicyclic amines) is 1. The van der Waals surface area contributed by atoms with E-state index < -0.39 is 11.9 Å². The van der Waals surface area contributed by atoms with E-state index in [1.807, 2.05) is 12.1 Å². The number of rotatable bonds is 5. The summed E-state index contributed by atoms with van der Waals surface area (Å²) < 4.78 is 0. The molecule has 1 aromatic carbocycles. The molecule has 0 aromatic heterocycles. The van der Waals surface area contributed by atoms with Gasteiger partial charge in [-0.15, -0.1) is 11.8 Å². The number of carboxylic acids is 1. The summed E-state index contributed by atoms with van der Waals surface area (Å²) in [6.07, 6.45) is 0.543. The molecular weight excluding hydrogens is 288 g/mol. The first kappa shape index (κ1) is 15.4. The molecule has 1 aromatic rings. The van der Waals surface area contributed by atoms with Crippen LogP contribution >= 0.6 is 11.8 Å². The van der Waals surface area contributed by atoms with Crippen molar-refractivity contribution in [3.05, 3.63) is 35.4 Å². The lowest BCUT2D eigenvalue weighted by Gasteiger charge is -2.15. The Morgan fingerprint density at radius 2 is 2.10 bits per heavy atom. The van der Waals surface area contributed by atoms with Gasteiger partial charge in [0.05, 0.1) is 23.3 Å². The number of hydrogen-bond acceptors (Lipinski definition) is 4. The monoisotopic (exact) mass is 304 g/mol. The van der Waals surface area contributed by atoms with Gasteiger partial charge in [-0.3, -0.25) is 9.59 Å². The Balaban J connectivity index is 1.74. The second-order valence-corrected chi connectivity index (χ2v) is 5.95. The lowest BCUT2D eigenvalue weighted by Crippen LogP contribution is -2.31. The molecule has 0 spiro atoms. The number of amides is 1. The van der Waals surface area contributed by atoms with Crippen LogP contribution in [0, 0.1) is 17.2 Å². The van der Waals surface area contributed by atoms with Crippen molar-refractivity contribution < 1.29 is 14.7 Å². The first-order valence-electron chi connectivity index (χ1n) is 6.67. The van der Waals surface area contributed by atoms with E-state index in [1.165, 1.54) is 11.8 Å². The van der Waals surface area contributed by atoms with Crippen molar-refractivity contribution in [1.29, 1.82) is 5.26 Å². The molecule has 1 aliphatic heterocycles. The van der Waals surface area contributed by atoms with Gasteiger partial charge < -0.3 is 10.0 Å². The number of aliphatic carboxylic acids is 1. The van der Waals surface area contributed by atoms with E-state index >= 15 is 0 Å². The van der Waals surface area contributed by atoms with Crippen LogP contribution < -0.4 is 0 Å². The average molecular weight is 304 g/mol. The van der Waals surface area contributed by atoms with Crippen LogP contribution in [0.5, 0.6) is 0 Å². The van der Waals surface area contributed by atoms with Gasteiger partial charge in [-0.2, -0.15) is 5.26 Å². The number of nitrogens with zero attached hydrogens (tertiary/aromatic N) is 2. The Labute approximate surface area is 127 Å². The first-order chi connectivity index (χ1) is 10.1. The van der Waals surface area contributed by atoms with Gasteiger partial charge in [0.15, 0.2) is 0 Å². The minimum Gasteiger partial charge on any atom is -0.481 e. The molecule has 0 radical (unpaired) electrons. The predicted octanol–water partition coefficient (Wildman–Crippen LogP) is 1.72. The van der Waals surface area contributed by atoms with Gasteiger partial charge >= 0.3 is 5.97 Å². The number of hydrogen-bond donors (Lipinski definition) is 1. The SMILES string of the molecule is N#Cc1ccc(CSCC(=O)N2CCC(C(=O)O)C2)cc1. The summed E-state index contributed by atoms with van der Waals surface area (Å²) >= 11 is 1.50. The molecule has 1 N–H and O–H groups in total. The topological polar surface area (TPSA) is 81.4 Å². The normalized spacial score (nSPS) is 17.5. The maximum atomic E-state index is 12.0. The van der Waals surface area contributed by atoms with Crippen LogP contribution in [0.3, 0.4) is 0 Å². The van der Waals surface area contributed by atoms with Gasteiger partial charge in [-0.1, -0.05) is 12.1 Å². The Bertz CT molecular complexity index is 565. The minimum atomic E-state index is -0.824. The molecule has 1 unspecified atom stereocenters. The number of carbonyl (C=O) groups excluding carboxylic acids is 1. The Kier molecular flexibility index (Phi) is 5.23. The average Bonchev–Trinajstić information content (AvgIpc) is 2.98. The highest BCUT2D eigenvalue weighted by molar-refractivity contribution is 7.99. The molecule has 5 nitrogen and oxygen atoms in total. The van der Waals surface area contributed by atoms with E-state index in [0.717, 1.165) is 5.56 Å². The minimum absolute atomic E-state index is 0.00241. The van der Waals surface area contributed by atoms with E-state index in [2.05, 4.69) is 6.07 Å². The molecule has 1 saturated heterocycles. The third-order valence-corrected chi connectivity index (χ3v) is 4.46. The Hall–Kier alpha value is -2.00. The van der Waals surface area contributed by atoms with Gasteiger partial charge in [-0.05, 0) is 24.1 Å². The van der Waals surface area contributed by atoms with Crippen molar-refractivity contribution in [2.75, 3.05) is 18.8 Å². The van der Waals surface area contributed by atoms with Crippen LogP contribution in [0.4, 0.5) is 0 Å². The number of carboxylic acid groups (broad SMARTS) is 1. The van der Waals surface area contributed by atoms with E-state index in [-0.39, 0.29) is 5.91 Å². The van der Waals surface area contributed by atoms with Gasteiger partial charge in [0.2, 0.25) is 5.91 Å². The molecule has 1 atom stereocenters. The molecule has 1 fully saturated rings. The third-order valence-electron chi connectivity index (χ3n) is 3.47. The fourth-order valence-corrected chi connectivity index (χ4v) is 3.10. The zero-order chi connectivity index (χ0) is 15.2. The molecular formula is C15H16N2O3S. The van der Waals surface area contributed by atoms with Crippen LogP contribution in [0.2, 0.25) is 0 Å². The van der Waals surface area contributed by atoms with E-state index in [9.17, 15) is 9.59 Å². The van der Waals surface area contributed by atoms with Crippen molar-refractivity contribution in [2.24, 2.45) is 5.92 Å². The largest absolute Gasteiger partial charge is 0.481 e. The summed E-state index contributed by atoms with van der Waals surface area (Å²) in [6.45, 7) is 0.860. The second-order valence-electron chi connectivity index (χ2n) is 4.97. The van der Waals surface area contributed by atoms with Gasteiger partial charge in [0.1, 0.15) is 0 Å². The summed E-state index contributed by atoms with van der Waals surface area (Å²) in [5.74, 6) is -0.189. The molecule has 0 aliphatic carbocycles. The summed E-state index contributed by atoms with van der Waals surface area (Å²) in [4.78, 5) is 24.5. The van der Waals surface area contributed by atoms with Crippen molar-refractivity contribution in [3.8, 4) is 6.07 Å². The molecule has 1 aliphatic rings. The zero-order valence-corrected chi connectivity index (χ0v) is 12.3. The summed E-state index contributed by atoms with van der Waals surface area (Å²) in [5, 5.41) is 17.6. The van der Waals surface area contributed by atoms with Crippen LogP contribution in [0.25, 0.3) is 0 Å². The number of benzene rings is 1. The van der Waals surface area contributed by atoms with Gasteiger partial charge in [0, 0.05) is 18.8 Å². The quantitative estimate of drug-likeness (QED) is 0.896. The summed E-state index contributed by atoms with van der Waals surface area (Å²) in [7, 11) is 0. The lowest BCUT2D eigenvalue weighted by molar-refractivity contribution is -0.141. The van der Waals surface area contributed by atoms with Crippen molar-refractivity contribution >= 4 is 23.6 Å². The Morgan fingerprint density at radius 3 is 2.67 bits per heavy atom. The maximum absolute atomic E-state index is 12.0. The molecule has 0 bridgehead atoms. The fourth-order valence-electron chi connectivity index (χ4n) is 2.21. The van der Waals surface area contributed by atoms with Gasteiger partial charge in [-0.25, -0.2) is 0 Å². The highest BCUT2D eigenvalue weighted by Gasteiger charge is 2.30. The molecule has 1 amide bonds. The standard InChI is InChI=1S/C15H16N2O3S/c16-7-11-1-3-12(4-2-11)9-21-10-14(18)17-6-5-13(8-17)15(19)20/h1-4,13H,5-6,8-10H2,(H,19,20). The number of thioether (sulfide) groups is 1. The molecule has 21 heavy (non-hydrogen) atoms. The first-order valence-corrected chi connectivity index (χ1v) is 7.83. The number of carbonyl (C=O) groups is 2. The molecule has 6 heteroatoms. The number of nitriles is 1. The van der Waals surface area contributed by atoms with Crippen molar-refractivity contribution in [2.45, 2.75) is 12.2 Å². The lowest BCUT2D eigenvalue weighted by atomic mass is 10.1. The highest BCUT2D eigenvalue weighted by Crippen LogP contribution is 2.19. The molecule has 2 rings (SSSR count). The molecule has 110 valence electrons. The summed E-state index contributed by atoms with van der Waals surface area (Å²) in [6, 6.07) is 9.34.